The Morgan fingerprint density at radius 3 is 2.82 bits per heavy atom. The Hall–Kier alpha value is -1.73. The predicted octanol–water partition coefficient (Wildman–Crippen LogP) is 2.43. The fourth-order valence-corrected chi connectivity index (χ4v) is 1.45. The molecule has 1 rings (SSSR count). The summed E-state index contributed by atoms with van der Waals surface area (Å²) in [5, 5.41) is 18.0. The maximum Gasteiger partial charge on any atom is 0.128 e. The van der Waals surface area contributed by atoms with Crippen LogP contribution in [0.25, 0.3) is 0 Å². The van der Waals surface area contributed by atoms with E-state index in [9.17, 15) is 5.11 Å². The van der Waals surface area contributed by atoms with Gasteiger partial charge in [0, 0.05) is 18.1 Å². The van der Waals surface area contributed by atoms with Crippen molar-refractivity contribution < 1.29 is 14.6 Å². The molecule has 1 aromatic carbocycles. The Kier molecular flexibility index (Phi) is 5.31. The highest BCUT2D eigenvalue weighted by atomic mass is 16.5. The molecule has 0 bridgehead atoms. The van der Waals surface area contributed by atoms with Crippen molar-refractivity contribution in [2.24, 2.45) is 0 Å². The molecule has 0 aromatic heterocycles. The molecule has 0 saturated heterocycles. The second kappa shape index (κ2) is 6.77. The standard InChI is InChI=1S/C13H17NO3/c1-10(15)12-6-5-11(16-2)9-13(12)17-8-4-3-7-14/h5-6,9-10,15H,3-4,8H2,1-2H3/t10-/m1/s1. The van der Waals surface area contributed by atoms with E-state index < -0.39 is 6.10 Å². The van der Waals surface area contributed by atoms with Crippen molar-refractivity contribution >= 4 is 0 Å². The second-order valence-electron chi connectivity index (χ2n) is 3.69. The number of benzene rings is 1. The average molecular weight is 235 g/mol. The number of hydrogen-bond donors (Lipinski definition) is 1. The fraction of sp³-hybridized carbons (Fsp3) is 0.462. The number of rotatable bonds is 6. The summed E-state index contributed by atoms with van der Waals surface area (Å²) in [7, 11) is 1.58. The Morgan fingerprint density at radius 1 is 1.47 bits per heavy atom. The van der Waals surface area contributed by atoms with Gasteiger partial charge in [0.05, 0.1) is 25.9 Å². The van der Waals surface area contributed by atoms with Crippen molar-refractivity contribution in [1.29, 1.82) is 5.26 Å². The van der Waals surface area contributed by atoms with E-state index in [4.69, 9.17) is 14.7 Å². The summed E-state index contributed by atoms with van der Waals surface area (Å²) < 4.78 is 10.7. The number of ether oxygens (including phenoxy) is 2. The minimum Gasteiger partial charge on any atom is -0.497 e. The fourth-order valence-electron chi connectivity index (χ4n) is 1.45. The number of aliphatic hydroxyl groups excluding tert-OH is 1. The average Bonchev–Trinajstić information content (AvgIpc) is 2.34. The van der Waals surface area contributed by atoms with Crippen LogP contribution in [0.4, 0.5) is 0 Å². The summed E-state index contributed by atoms with van der Waals surface area (Å²) in [5.41, 5.74) is 0.725. The van der Waals surface area contributed by atoms with E-state index in [1.54, 1.807) is 32.2 Å². The van der Waals surface area contributed by atoms with E-state index in [-0.39, 0.29) is 0 Å². The van der Waals surface area contributed by atoms with Crippen LogP contribution in [0.2, 0.25) is 0 Å². The van der Waals surface area contributed by atoms with E-state index in [1.807, 2.05) is 0 Å². The summed E-state index contributed by atoms with van der Waals surface area (Å²) in [6.45, 7) is 2.14. The molecule has 0 fully saturated rings. The number of aliphatic hydroxyl groups is 1. The molecular weight excluding hydrogens is 218 g/mol. The van der Waals surface area contributed by atoms with E-state index in [0.717, 1.165) is 5.56 Å². The summed E-state index contributed by atoms with van der Waals surface area (Å²) in [6, 6.07) is 7.37. The summed E-state index contributed by atoms with van der Waals surface area (Å²) >= 11 is 0. The molecule has 0 aliphatic carbocycles. The molecule has 0 heterocycles. The van der Waals surface area contributed by atoms with E-state index in [1.165, 1.54) is 0 Å². The number of hydrogen-bond acceptors (Lipinski definition) is 4. The third kappa shape index (κ3) is 3.97. The van der Waals surface area contributed by atoms with Crippen molar-refractivity contribution in [2.45, 2.75) is 25.9 Å². The summed E-state index contributed by atoms with van der Waals surface area (Å²) in [6.07, 6.45) is 0.549. The van der Waals surface area contributed by atoms with Gasteiger partial charge < -0.3 is 14.6 Å². The number of unbranched alkanes of at least 4 members (excludes halogenated alkanes) is 1. The van der Waals surface area contributed by atoms with Crippen LogP contribution in [0.15, 0.2) is 18.2 Å². The molecule has 1 aromatic rings. The lowest BCUT2D eigenvalue weighted by Crippen LogP contribution is -2.02. The van der Waals surface area contributed by atoms with Gasteiger partial charge >= 0.3 is 0 Å². The van der Waals surface area contributed by atoms with Gasteiger partial charge in [-0.25, -0.2) is 0 Å². The van der Waals surface area contributed by atoms with Gasteiger partial charge in [0.2, 0.25) is 0 Å². The first kappa shape index (κ1) is 13.3. The smallest absolute Gasteiger partial charge is 0.128 e. The highest BCUT2D eigenvalue weighted by Crippen LogP contribution is 2.29. The van der Waals surface area contributed by atoms with Crippen LogP contribution in [0.3, 0.4) is 0 Å². The van der Waals surface area contributed by atoms with Crippen LogP contribution in [0, 0.1) is 11.3 Å². The van der Waals surface area contributed by atoms with Crippen LogP contribution < -0.4 is 9.47 Å². The molecule has 0 spiro atoms. The van der Waals surface area contributed by atoms with Crippen molar-refractivity contribution in [3.63, 3.8) is 0 Å². The molecule has 0 aliphatic rings. The maximum atomic E-state index is 9.60. The van der Waals surface area contributed by atoms with E-state index in [2.05, 4.69) is 6.07 Å². The Labute approximate surface area is 101 Å². The summed E-state index contributed by atoms with van der Waals surface area (Å²) in [5.74, 6) is 1.29. The molecule has 4 nitrogen and oxygen atoms in total. The van der Waals surface area contributed by atoms with Gasteiger partial charge in [0.1, 0.15) is 11.5 Å². The first-order valence-electron chi connectivity index (χ1n) is 5.54. The monoisotopic (exact) mass is 235 g/mol. The van der Waals surface area contributed by atoms with Crippen LogP contribution in [-0.4, -0.2) is 18.8 Å². The molecule has 0 unspecified atom stereocenters. The first-order valence-corrected chi connectivity index (χ1v) is 5.54. The Bertz CT molecular complexity index is 396. The lowest BCUT2D eigenvalue weighted by Gasteiger charge is -2.14. The molecular formula is C13H17NO3. The Morgan fingerprint density at radius 2 is 2.24 bits per heavy atom. The van der Waals surface area contributed by atoms with Crippen molar-refractivity contribution in [1.82, 2.24) is 0 Å². The van der Waals surface area contributed by atoms with Gasteiger partial charge in [0.25, 0.3) is 0 Å². The summed E-state index contributed by atoms with van der Waals surface area (Å²) in [4.78, 5) is 0. The third-order valence-corrected chi connectivity index (χ3v) is 2.36. The Balaban J connectivity index is 2.75. The SMILES string of the molecule is COc1ccc([C@@H](C)O)c(OCCCC#N)c1. The van der Waals surface area contributed by atoms with Crippen molar-refractivity contribution in [3.05, 3.63) is 23.8 Å². The molecule has 4 heteroatoms. The highest BCUT2D eigenvalue weighted by molar-refractivity contribution is 5.41. The zero-order chi connectivity index (χ0) is 12.7. The lowest BCUT2D eigenvalue weighted by atomic mass is 10.1. The minimum atomic E-state index is -0.591. The van der Waals surface area contributed by atoms with Gasteiger partial charge in [-0.15, -0.1) is 0 Å². The molecule has 17 heavy (non-hydrogen) atoms. The van der Waals surface area contributed by atoms with Crippen LogP contribution in [-0.2, 0) is 0 Å². The highest BCUT2D eigenvalue weighted by Gasteiger charge is 2.10. The topological polar surface area (TPSA) is 62.5 Å². The molecule has 1 atom stereocenters. The largest absolute Gasteiger partial charge is 0.497 e. The normalized spacial score (nSPS) is 11.6. The zero-order valence-electron chi connectivity index (χ0n) is 10.1. The van der Waals surface area contributed by atoms with Gasteiger partial charge in [-0.2, -0.15) is 5.26 Å². The number of nitriles is 1. The van der Waals surface area contributed by atoms with Crippen LogP contribution >= 0.6 is 0 Å². The van der Waals surface area contributed by atoms with Crippen LogP contribution in [0.1, 0.15) is 31.4 Å². The van der Waals surface area contributed by atoms with Gasteiger partial charge in [-0.1, -0.05) is 0 Å². The van der Waals surface area contributed by atoms with Crippen molar-refractivity contribution in [2.75, 3.05) is 13.7 Å². The van der Waals surface area contributed by atoms with Gasteiger partial charge in [-0.05, 0) is 25.5 Å². The lowest BCUT2D eigenvalue weighted by molar-refractivity contribution is 0.190. The predicted molar refractivity (Wildman–Crippen MR) is 64.0 cm³/mol. The number of nitrogens with zero attached hydrogens (tertiary/aromatic N) is 1. The van der Waals surface area contributed by atoms with Gasteiger partial charge in [0.15, 0.2) is 0 Å². The maximum absolute atomic E-state index is 9.60. The minimum absolute atomic E-state index is 0.459. The molecule has 0 aliphatic heterocycles. The molecule has 1 N–H and O–H groups in total. The molecule has 0 radical (unpaired) electrons. The third-order valence-electron chi connectivity index (χ3n) is 2.36. The number of methoxy groups -OCH3 is 1. The quantitative estimate of drug-likeness (QED) is 0.769. The van der Waals surface area contributed by atoms with Gasteiger partial charge in [-0.3, -0.25) is 0 Å². The molecule has 0 amide bonds. The van der Waals surface area contributed by atoms with E-state index >= 15 is 0 Å². The first-order chi connectivity index (χ1) is 8.19. The second-order valence-corrected chi connectivity index (χ2v) is 3.69. The zero-order valence-corrected chi connectivity index (χ0v) is 10.1. The van der Waals surface area contributed by atoms with E-state index in [0.29, 0.717) is 30.9 Å². The van der Waals surface area contributed by atoms with Crippen molar-refractivity contribution in [3.8, 4) is 17.6 Å². The molecule has 0 saturated carbocycles. The van der Waals surface area contributed by atoms with Crippen LogP contribution in [0.5, 0.6) is 11.5 Å². The molecule has 92 valence electrons.